The van der Waals surface area contributed by atoms with Crippen molar-refractivity contribution in [3.05, 3.63) is 29.6 Å². The number of aliphatic hydroxyl groups is 1. The number of halogens is 1. The zero-order valence-electron chi connectivity index (χ0n) is 11.0. The van der Waals surface area contributed by atoms with Crippen LogP contribution in [0.4, 0.5) is 10.1 Å². The van der Waals surface area contributed by atoms with Gasteiger partial charge in [0.1, 0.15) is 5.82 Å². The molecule has 0 atom stereocenters. The Morgan fingerprint density at radius 1 is 1.42 bits per heavy atom. The Bertz CT molecular complexity index is 457. The van der Waals surface area contributed by atoms with Crippen molar-refractivity contribution in [2.24, 2.45) is 5.92 Å². The number of nitrogens with one attached hydrogen (secondary N) is 1. The molecule has 1 aliphatic heterocycles. The predicted octanol–water partition coefficient (Wildman–Crippen LogP) is 1.28. The van der Waals surface area contributed by atoms with E-state index in [0.717, 1.165) is 31.6 Å². The number of rotatable bonds is 3. The third kappa shape index (κ3) is 3.23. The second-order valence-electron chi connectivity index (χ2n) is 4.85. The van der Waals surface area contributed by atoms with Crippen molar-refractivity contribution in [3.63, 3.8) is 0 Å². The van der Waals surface area contributed by atoms with E-state index in [-0.39, 0.29) is 24.2 Å². The molecule has 1 aliphatic rings. The number of piperidine rings is 1. The fourth-order valence-electron chi connectivity index (χ4n) is 2.51. The highest BCUT2D eigenvalue weighted by atomic mass is 19.1. The summed E-state index contributed by atoms with van der Waals surface area (Å²) in [5, 5.41) is 11.8. The molecule has 1 fully saturated rings. The molecule has 0 spiro atoms. The zero-order chi connectivity index (χ0) is 13.8. The van der Waals surface area contributed by atoms with Crippen LogP contribution in [0.5, 0.6) is 0 Å². The van der Waals surface area contributed by atoms with Gasteiger partial charge in [-0.15, -0.1) is 0 Å². The Hall–Kier alpha value is -1.62. The fourth-order valence-corrected chi connectivity index (χ4v) is 2.51. The van der Waals surface area contributed by atoms with Crippen LogP contribution in [0.15, 0.2) is 18.2 Å². The SMILES string of the molecule is CNC(=O)C1CCN(c2cc(F)cc(CO)c2)CC1. The van der Waals surface area contributed by atoms with E-state index in [0.29, 0.717) is 5.56 Å². The van der Waals surface area contributed by atoms with Crippen LogP contribution in [0.25, 0.3) is 0 Å². The van der Waals surface area contributed by atoms with Crippen molar-refractivity contribution in [2.45, 2.75) is 19.4 Å². The van der Waals surface area contributed by atoms with E-state index in [1.54, 1.807) is 13.1 Å². The lowest BCUT2D eigenvalue weighted by atomic mass is 9.95. The van der Waals surface area contributed by atoms with E-state index in [1.165, 1.54) is 12.1 Å². The molecule has 104 valence electrons. The molecule has 1 saturated heterocycles. The van der Waals surface area contributed by atoms with Crippen molar-refractivity contribution in [3.8, 4) is 0 Å². The number of carbonyl (C=O) groups excluding carboxylic acids is 1. The molecule has 2 rings (SSSR count). The monoisotopic (exact) mass is 266 g/mol. The quantitative estimate of drug-likeness (QED) is 0.866. The van der Waals surface area contributed by atoms with E-state index in [2.05, 4.69) is 10.2 Å². The van der Waals surface area contributed by atoms with Gasteiger partial charge in [0.15, 0.2) is 0 Å². The van der Waals surface area contributed by atoms with Gasteiger partial charge in [-0.25, -0.2) is 4.39 Å². The van der Waals surface area contributed by atoms with E-state index >= 15 is 0 Å². The van der Waals surface area contributed by atoms with Crippen LogP contribution in [0.2, 0.25) is 0 Å². The first-order chi connectivity index (χ1) is 9.13. The number of benzene rings is 1. The Morgan fingerprint density at radius 2 is 2.11 bits per heavy atom. The average molecular weight is 266 g/mol. The number of aliphatic hydroxyl groups excluding tert-OH is 1. The topological polar surface area (TPSA) is 52.6 Å². The maximum absolute atomic E-state index is 13.4. The molecule has 0 aromatic heterocycles. The number of amides is 1. The number of hydrogen-bond acceptors (Lipinski definition) is 3. The standard InChI is InChI=1S/C14H19FN2O2/c1-16-14(19)11-2-4-17(5-3-11)13-7-10(9-18)6-12(15)8-13/h6-8,11,18H,2-5,9H2,1H3,(H,16,19). The highest BCUT2D eigenvalue weighted by Crippen LogP contribution is 2.25. The summed E-state index contributed by atoms with van der Waals surface area (Å²) >= 11 is 0. The lowest BCUT2D eigenvalue weighted by Gasteiger charge is -2.33. The largest absolute Gasteiger partial charge is 0.392 e. The molecule has 2 N–H and O–H groups in total. The second kappa shape index (κ2) is 6.02. The van der Waals surface area contributed by atoms with Crippen LogP contribution >= 0.6 is 0 Å². The summed E-state index contributed by atoms with van der Waals surface area (Å²) < 4.78 is 13.4. The van der Waals surface area contributed by atoms with E-state index in [4.69, 9.17) is 5.11 Å². The molecule has 0 aliphatic carbocycles. The van der Waals surface area contributed by atoms with Gasteiger partial charge in [-0.2, -0.15) is 0 Å². The lowest BCUT2D eigenvalue weighted by molar-refractivity contribution is -0.125. The minimum absolute atomic E-state index is 0.0483. The second-order valence-corrected chi connectivity index (χ2v) is 4.85. The minimum Gasteiger partial charge on any atom is -0.392 e. The molecule has 1 amide bonds. The molecule has 19 heavy (non-hydrogen) atoms. The van der Waals surface area contributed by atoms with Gasteiger partial charge >= 0.3 is 0 Å². The van der Waals surface area contributed by atoms with Gasteiger partial charge < -0.3 is 15.3 Å². The summed E-state index contributed by atoms with van der Waals surface area (Å²) in [6, 6.07) is 4.60. The lowest BCUT2D eigenvalue weighted by Crippen LogP contribution is -2.39. The van der Waals surface area contributed by atoms with Gasteiger partial charge in [-0.1, -0.05) is 0 Å². The summed E-state index contributed by atoms with van der Waals surface area (Å²) in [7, 11) is 1.65. The maximum Gasteiger partial charge on any atom is 0.222 e. The van der Waals surface area contributed by atoms with Gasteiger partial charge in [-0.3, -0.25) is 4.79 Å². The molecule has 0 bridgehead atoms. The number of carbonyl (C=O) groups is 1. The first-order valence-electron chi connectivity index (χ1n) is 6.51. The van der Waals surface area contributed by atoms with Gasteiger partial charge in [0.05, 0.1) is 6.61 Å². The van der Waals surface area contributed by atoms with Gasteiger partial charge in [0.2, 0.25) is 5.91 Å². The summed E-state index contributed by atoms with van der Waals surface area (Å²) in [6.45, 7) is 1.29. The third-order valence-electron chi connectivity index (χ3n) is 3.60. The summed E-state index contributed by atoms with van der Waals surface area (Å²) in [6.07, 6.45) is 1.54. The van der Waals surface area contributed by atoms with E-state index in [9.17, 15) is 9.18 Å². The molecular weight excluding hydrogens is 247 g/mol. The van der Waals surface area contributed by atoms with Crippen LogP contribution in [-0.2, 0) is 11.4 Å². The van der Waals surface area contributed by atoms with E-state index < -0.39 is 0 Å². The molecule has 5 heteroatoms. The highest BCUT2D eigenvalue weighted by Gasteiger charge is 2.24. The van der Waals surface area contributed by atoms with Crippen LogP contribution < -0.4 is 10.2 Å². The number of nitrogens with zero attached hydrogens (tertiary/aromatic N) is 1. The van der Waals surface area contributed by atoms with Crippen molar-refractivity contribution >= 4 is 11.6 Å². The Labute approximate surface area is 112 Å². The maximum atomic E-state index is 13.4. The highest BCUT2D eigenvalue weighted by molar-refractivity contribution is 5.78. The molecule has 1 heterocycles. The fraction of sp³-hybridized carbons (Fsp3) is 0.500. The first-order valence-corrected chi connectivity index (χ1v) is 6.51. The van der Waals surface area contributed by atoms with Gasteiger partial charge in [0, 0.05) is 31.7 Å². The van der Waals surface area contributed by atoms with Crippen molar-refractivity contribution in [2.75, 3.05) is 25.0 Å². The summed E-state index contributed by atoms with van der Waals surface area (Å²) in [5.41, 5.74) is 1.35. The van der Waals surface area contributed by atoms with Crippen molar-refractivity contribution in [1.82, 2.24) is 5.32 Å². The molecule has 4 nitrogen and oxygen atoms in total. The first kappa shape index (κ1) is 13.8. The number of hydrogen-bond donors (Lipinski definition) is 2. The molecule has 0 unspecified atom stereocenters. The number of anilines is 1. The Morgan fingerprint density at radius 3 is 2.68 bits per heavy atom. The van der Waals surface area contributed by atoms with Crippen molar-refractivity contribution < 1.29 is 14.3 Å². The molecular formula is C14H19FN2O2. The van der Waals surface area contributed by atoms with Crippen LogP contribution in [0.1, 0.15) is 18.4 Å². The smallest absolute Gasteiger partial charge is 0.222 e. The predicted molar refractivity (Wildman–Crippen MR) is 71.3 cm³/mol. The van der Waals surface area contributed by atoms with Gasteiger partial charge in [0.25, 0.3) is 0 Å². The minimum atomic E-state index is -0.338. The van der Waals surface area contributed by atoms with Crippen LogP contribution in [0, 0.1) is 11.7 Å². The summed E-state index contributed by atoms with van der Waals surface area (Å²) in [4.78, 5) is 13.6. The zero-order valence-corrected chi connectivity index (χ0v) is 11.0. The average Bonchev–Trinajstić information content (AvgIpc) is 2.46. The van der Waals surface area contributed by atoms with Crippen LogP contribution in [-0.4, -0.2) is 31.2 Å². The molecule has 1 aromatic carbocycles. The van der Waals surface area contributed by atoms with Crippen LogP contribution in [0.3, 0.4) is 0 Å². The van der Waals surface area contributed by atoms with Gasteiger partial charge in [-0.05, 0) is 36.6 Å². The van der Waals surface area contributed by atoms with Crippen molar-refractivity contribution in [1.29, 1.82) is 0 Å². The normalized spacial score (nSPS) is 16.5. The third-order valence-corrected chi connectivity index (χ3v) is 3.60. The molecule has 0 saturated carbocycles. The Kier molecular flexibility index (Phi) is 4.37. The Balaban J connectivity index is 2.05. The molecule has 1 aromatic rings. The summed E-state index contributed by atoms with van der Waals surface area (Å²) in [5.74, 6) is -0.211. The van der Waals surface area contributed by atoms with E-state index in [1.807, 2.05) is 0 Å². The molecule has 0 radical (unpaired) electrons.